The van der Waals surface area contributed by atoms with Crippen molar-refractivity contribution >= 4 is 12.1 Å². The molecule has 2 fully saturated rings. The van der Waals surface area contributed by atoms with Gasteiger partial charge in [0.1, 0.15) is 12.2 Å². The zero-order valence-corrected chi connectivity index (χ0v) is 9.10. The summed E-state index contributed by atoms with van der Waals surface area (Å²) in [5.74, 6) is -0.179. The van der Waals surface area contributed by atoms with Gasteiger partial charge in [0.25, 0.3) is 0 Å². The molecular weight excluding hydrogens is 212 g/mol. The Labute approximate surface area is 93.4 Å². The van der Waals surface area contributed by atoms with E-state index in [-0.39, 0.29) is 24.1 Å². The van der Waals surface area contributed by atoms with Gasteiger partial charge in [-0.2, -0.15) is 0 Å². The van der Waals surface area contributed by atoms with E-state index in [1.807, 2.05) is 0 Å². The van der Waals surface area contributed by atoms with Gasteiger partial charge in [-0.3, -0.25) is 0 Å². The third kappa shape index (κ3) is 2.18. The highest BCUT2D eigenvalue weighted by Gasteiger charge is 2.45. The Hall–Kier alpha value is -1.52. The molecule has 1 saturated heterocycles. The third-order valence-electron chi connectivity index (χ3n) is 2.84. The van der Waals surface area contributed by atoms with E-state index in [0.717, 1.165) is 0 Å². The smallest absolute Gasteiger partial charge is 0.462 e. The Balaban J connectivity index is 1.76. The first kappa shape index (κ1) is 11.0. The molecule has 0 aromatic carbocycles. The fraction of sp³-hybridized carbons (Fsp3) is 0.636. The fourth-order valence-corrected chi connectivity index (χ4v) is 2.03. The molecule has 0 spiro atoms. The van der Waals surface area contributed by atoms with Gasteiger partial charge in [-0.25, -0.2) is 9.59 Å². The normalized spacial score (nSPS) is 31.6. The van der Waals surface area contributed by atoms with Gasteiger partial charge in [-0.1, -0.05) is 6.58 Å². The molecule has 2 atom stereocenters. The van der Waals surface area contributed by atoms with Crippen LogP contribution in [0.25, 0.3) is 0 Å². The summed E-state index contributed by atoms with van der Waals surface area (Å²) in [5, 5.41) is 0. The van der Waals surface area contributed by atoms with E-state index in [9.17, 15) is 9.59 Å². The summed E-state index contributed by atoms with van der Waals surface area (Å²) in [5.41, 5.74) is 0.390. The molecule has 0 bridgehead atoms. The quantitative estimate of drug-likeness (QED) is 0.538. The van der Waals surface area contributed by atoms with Crippen molar-refractivity contribution in [1.29, 1.82) is 0 Å². The highest BCUT2D eigenvalue weighted by Crippen LogP contribution is 2.35. The summed E-state index contributed by atoms with van der Waals surface area (Å²) in [6.45, 7) is 5.44. The number of ether oxygens (including phenoxy) is 3. The van der Waals surface area contributed by atoms with Gasteiger partial charge in [0, 0.05) is 11.5 Å². The van der Waals surface area contributed by atoms with Gasteiger partial charge >= 0.3 is 12.1 Å². The predicted molar refractivity (Wildman–Crippen MR) is 53.6 cm³/mol. The average molecular weight is 226 g/mol. The lowest BCUT2D eigenvalue weighted by Crippen LogP contribution is -2.14. The van der Waals surface area contributed by atoms with Gasteiger partial charge in [0.2, 0.25) is 0 Å². The minimum Gasteiger partial charge on any atom is -0.462 e. The van der Waals surface area contributed by atoms with E-state index in [2.05, 4.69) is 6.58 Å². The van der Waals surface area contributed by atoms with Crippen LogP contribution in [0.5, 0.6) is 0 Å². The second-order valence-electron chi connectivity index (χ2n) is 4.28. The lowest BCUT2D eigenvalue weighted by atomic mass is 10.1. The van der Waals surface area contributed by atoms with Crippen molar-refractivity contribution in [2.45, 2.75) is 32.0 Å². The van der Waals surface area contributed by atoms with Crippen LogP contribution in [-0.4, -0.2) is 30.9 Å². The van der Waals surface area contributed by atoms with Gasteiger partial charge in [-0.15, -0.1) is 0 Å². The van der Waals surface area contributed by atoms with E-state index in [4.69, 9.17) is 14.2 Å². The molecule has 0 amide bonds. The van der Waals surface area contributed by atoms with Crippen molar-refractivity contribution in [2.24, 2.45) is 5.92 Å². The van der Waals surface area contributed by atoms with Crippen LogP contribution in [-0.2, 0) is 19.0 Å². The van der Waals surface area contributed by atoms with Crippen molar-refractivity contribution in [1.82, 2.24) is 0 Å². The zero-order chi connectivity index (χ0) is 11.7. The summed E-state index contributed by atoms with van der Waals surface area (Å²) < 4.78 is 14.9. The molecule has 1 heterocycles. The van der Waals surface area contributed by atoms with Crippen molar-refractivity contribution in [2.75, 3.05) is 6.61 Å². The molecule has 0 aromatic heterocycles. The maximum Gasteiger partial charge on any atom is 0.509 e. The molecule has 2 rings (SSSR count). The summed E-state index contributed by atoms with van der Waals surface area (Å²) in [6.07, 6.45) is 0.467. The summed E-state index contributed by atoms with van der Waals surface area (Å²) >= 11 is 0. The van der Waals surface area contributed by atoms with Gasteiger partial charge in [-0.05, 0) is 19.8 Å². The van der Waals surface area contributed by atoms with Crippen LogP contribution in [0.15, 0.2) is 12.2 Å². The van der Waals surface area contributed by atoms with Crippen molar-refractivity contribution in [3.63, 3.8) is 0 Å². The number of carbonyl (C=O) groups excluding carboxylic acids is 2. The highest BCUT2D eigenvalue weighted by atomic mass is 16.8. The van der Waals surface area contributed by atoms with Crippen LogP contribution in [0.4, 0.5) is 4.79 Å². The second kappa shape index (κ2) is 4.15. The van der Waals surface area contributed by atoms with E-state index >= 15 is 0 Å². The van der Waals surface area contributed by atoms with E-state index in [0.29, 0.717) is 25.0 Å². The number of fused-ring (bicyclic) bond motifs is 1. The average Bonchev–Trinajstić information content (AvgIpc) is 2.70. The number of hydrogen-bond donors (Lipinski definition) is 0. The Bertz CT molecular complexity index is 319. The lowest BCUT2D eigenvalue weighted by Gasteiger charge is -2.10. The summed E-state index contributed by atoms with van der Waals surface area (Å²) in [6, 6.07) is 0. The van der Waals surface area contributed by atoms with Crippen molar-refractivity contribution in [3.05, 3.63) is 12.2 Å². The second-order valence-corrected chi connectivity index (χ2v) is 4.28. The number of rotatable bonds is 3. The standard InChI is InChI=1S/C11H14O5/c1-6(2)10(12)14-5-7-3-8-9(4-7)16-11(13)15-8/h7-9H,1,3-5H2,2H3. The molecular formula is C11H14O5. The minimum atomic E-state index is -0.590. The minimum absolute atomic E-state index is 0.166. The van der Waals surface area contributed by atoms with Crippen LogP contribution in [0.3, 0.4) is 0 Å². The molecule has 2 aliphatic rings. The van der Waals surface area contributed by atoms with Gasteiger partial charge in [0.05, 0.1) is 6.61 Å². The SMILES string of the molecule is C=C(C)C(=O)OCC1CC2OC(=O)OC2C1. The van der Waals surface area contributed by atoms with Gasteiger partial charge in [0.15, 0.2) is 0 Å². The maximum atomic E-state index is 11.2. The molecule has 16 heavy (non-hydrogen) atoms. The van der Waals surface area contributed by atoms with E-state index < -0.39 is 6.16 Å². The molecule has 5 heteroatoms. The Morgan fingerprint density at radius 1 is 1.44 bits per heavy atom. The molecule has 5 nitrogen and oxygen atoms in total. The molecule has 1 aliphatic carbocycles. The van der Waals surface area contributed by atoms with Crippen LogP contribution in [0.2, 0.25) is 0 Å². The zero-order valence-electron chi connectivity index (χ0n) is 9.10. The van der Waals surface area contributed by atoms with E-state index in [1.54, 1.807) is 6.92 Å². The topological polar surface area (TPSA) is 61.8 Å². The molecule has 2 unspecified atom stereocenters. The summed E-state index contributed by atoms with van der Waals surface area (Å²) in [4.78, 5) is 21.9. The number of carbonyl (C=O) groups is 2. The Kier molecular flexibility index (Phi) is 2.85. The lowest BCUT2D eigenvalue weighted by molar-refractivity contribution is -0.140. The molecule has 0 radical (unpaired) electrons. The first-order valence-electron chi connectivity index (χ1n) is 5.26. The summed E-state index contributed by atoms with van der Waals surface area (Å²) in [7, 11) is 0. The molecule has 1 saturated carbocycles. The van der Waals surface area contributed by atoms with Crippen LogP contribution >= 0.6 is 0 Å². The Morgan fingerprint density at radius 2 is 2.00 bits per heavy atom. The largest absolute Gasteiger partial charge is 0.509 e. The maximum absolute atomic E-state index is 11.2. The molecule has 1 aliphatic heterocycles. The van der Waals surface area contributed by atoms with E-state index in [1.165, 1.54) is 0 Å². The first-order chi connectivity index (χ1) is 7.56. The highest BCUT2D eigenvalue weighted by molar-refractivity contribution is 5.86. The monoisotopic (exact) mass is 226 g/mol. The molecule has 88 valence electrons. The van der Waals surface area contributed by atoms with Crippen molar-refractivity contribution in [3.8, 4) is 0 Å². The molecule has 0 N–H and O–H groups in total. The fourth-order valence-electron chi connectivity index (χ4n) is 2.03. The number of esters is 1. The van der Waals surface area contributed by atoms with Crippen LogP contribution in [0, 0.1) is 5.92 Å². The Morgan fingerprint density at radius 3 is 2.50 bits per heavy atom. The van der Waals surface area contributed by atoms with Crippen LogP contribution in [0.1, 0.15) is 19.8 Å². The van der Waals surface area contributed by atoms with Crippen molar-refractivity contribution < 1.29 is 23.8 Å². The first-order valence-corrected chi connectivity index (χ1v) is 5.26. The predicted octanol–water partition coefficient (Wildman–Crippen LogP) is 1.42. The van der Waals surface area contributed by atoms with Gasteiger partial charge < -0.3 is 14.2 Å². The third-order valence-corrected chi connectivity index (χ3v) is 2.84. The molecule has 0 aromatic rings. The van der Waals surface area contributed by atoms with Crippen LogP contribution < -0.4 is 0 Å². The number of hydrogen-bond acceptors (Lipinski definition) is 5.